The van der Waals surface area contributed by atoms with E-state index in [2.05, 4.69) is 0 Å². The monoisotopic (exact) mass is 420 g/mol. The van der Waals surface area contributed by atoms with Gasteiger partial charge in [-0.2, -0.15) is 4.39 Å². The number of hydrogen-bond acceptors (Lipinski definition) is 4. The summed E-state index contributed by atoms with van der Waals surface area (Å²) in [6.07, 6.45) is 3.18. The highest BCUT2D eigenvalue weighted by Gasteiger charge is 2.45. The van der Waals surface area contributed by atoms with Crippen molar-refractivity contribution < 1.29 is 27.8 Å². The highest BCUT2D eigenvalue weighted by Crippen LogP contribution is 2.41. The van der Waals surface area contributed by atoms with Gasteiger partial charge >= 0.3 is 0 Å². The van der Waals surface area contributed by atoms with Crippen LogP contribution < -0.4 is 10.5 Å². The second kappa shape index (κ2) is 8.55. The molecule has 0 spiro atoms. The number of ether oxygens (including phenoxy) is 2. The third kappa shape index (κ3) is 4.70. The quantitative estimate of drug-likeness (QED) is 0.767. The summed E-state index contributed by atoms with van der Waals surface area (Å²) in [4.78, 5) is 26.3. The van der Waals surface area contributed by atoms with Crippen molar-refractivity contribution in [3.8, 4) is 5.75 Å². The maximum atomic E-state index is 16.0. The molecule has 1 heterocycles. The van der Waals surface area contributed by atoms with Crippen molar-refractivity contribution in [1.29, 1.82) is 0 Å². The Labute approximate surface area is 174 Å². The fourth-order valence-corrected chi connectivity index (χ4v) is 3.48. The average molecular weight is 420 g/mol. The molecule has 8 heteroatoms. The summed E-state index contributed by atoms with van der Waals surface area (Å²) in [6.45, 7) is 4.86. The van der Waals surface area contributed by atoms with Gasteiger partial charge in [0.15, 0.2) is 0 Å². The van der Waals surface area contributed by atoms with E-state index in [4.69, 9.17) is 15.2 Å². The van der Waals surface area contributed by atoms with Crippen LogP contribution in [0.2, 0.25) is 0 Å². The first kappa shape index (κ1) is 22.0. The Balaban J connectivity index is 1.90. The Morgan fingerprint density at radius 3 is 2.63 bits per heavy atom. The number of morpholine rings is 1. The summed E-state index contributed by atoms with van der Waals surface area (Å²) >= 11 is 0. The summed E-state index contributed by atoms with van der Waals surface area (Å²) in [7, 11) is 0. The molecule has 1 aliphatic carbocycles. The molecule has 2 atom stereocenters. The largest absolute Gasteiger partial charge is 0.453 e. The SMILES string of the molecule is CC(C)(CC1C=CC(F)=CC1(F)Oc1ccccc1C(=O)N1CCOCC1)C(N)=O. The predicted octanol–water partition coefficient (Wildman–Crippen LogP) is 3.14. The van der Waals surface area contributed by atoms with E-state index in [0.717, 1.165) is 12.2 Å². The molecule has 1 aromatic carbocycles. The van der Waals surface area contributed by atoms with Crippen molar-refractivity contribution in [3.05, 3.63) is 53.9 Å². The third-order valence-corrected chi connectivity index (χ3v) is 5.41. The Morgan fingerprint density at radius 2 is 1.97 bits per heavy atom. The zero-order chi connectivity index (χ0) is 21.9. The lowest BCUT2D eigenvalue weighted by Gasteiger charge is -2.36. The van der Waals surface area contributed by atoms with E-state index in [9.17, 15) is 14.0 Å². The zero-order valence-electron chi connectivity index (χ0n) is 17.1. The molecule has 1 aliphatic heterocycles. The molecule has 1 aromatic rings. The Morgan fingerprint density at radius 1 is 1.30 bits per heavy atom. The summed E-state index contributed by atoms with van der Waals surface area (Å²) < 4.78 is 40.8. The van der Waals surface area contributed by atoms with Crippen LogP contribution in [0.25, 0.3) is 0 Å². The third-order valence-electron chi connectivity index (χ3n) is 5.41. The van der Waals surface area contributed by atoms with Gasteiger partial charge in [0.25, 0.3) is 11.8 Å². The fourth-order valence-electron chi connectivity index (χ4n) is 3.48. The minimum absolute atomic E-state index is 0.00130. The Hall–Kier alpha value is -2.74. The molecule has 2 unspecified atom stereocenters. The van der Waals surface area contributed by atoms with Crippen molar-refractivity contribution in [2.24, 2.45) is 17.1 Å². The van der Waals surface area contributed by atoms with Gasteiger partial charge in [-0.25, -0.2) is 4.39 Å². The van der Waals surface area contributed by atoms with E-state index in [1.54, 1.807) is 30.9 Å². The van der Waals surface area contributed by atoms with Gasteiger partial charge in [0.05, 0.1) is 24.7 Å². The normalized spacial score (nSPS) is 24.3. The second-order valence-electron chi connectivity index (χ2n) is 8.15. The van der Waals surface area contributed by atoms with E-state index in [1.165, 1.54) is 18.2 Å². The first-order chi connectivity index (χ1) is 14.1. The molecular formula is C22H26F2N2O4. The molecule has 2 amide bonds. The first-order valence-electron chi connectivity index (χ1n) is 9.83. The highest BCUT2D eigenvalue weighted by molar-refractivity contribution is 5.97. The van der Waals surface area contributed by atoms with Crippen LogP contribution in [0.1, 0.15) is 30.6 Å². The zero-order valence-corrected chi connectivity index (χ0v) is 17.1. The van der Waals surface area contributed by atoms with Gasteiger partial charge in [0.2, 0.25) is 5.91 Å². The van der Waals surface area contributed by atoms with E-state index in [0.29, 0.717) is 26.3 Å². The van der Waals surface area contributed by atoms with Gasteiger partial charge < -0.3 is 20.1 Å². The number of halogens is 2. The van der Waals surface area contributed by atoms with Gasteiger partial charge in [-0.3, -0.25) is 9.59 Å². The van der Waals surface area contributed by atoms with Gasteiger partial charge in [0.1, 0.15) is 11.6 Å². The number of carbonyl (C=O) groups is 2. The Bertz CT molecular complexity index is 878. The lowest BCUT2D eigenvalue weighted by atomic mass is 9.77. The maximum Gasteiger partial charge on any atom is 0.276 e. The average Bonchev–Trinajstić information content (AvgIpc) is 2.70. The molecule has 2 aliphatic rings. The number of nitrogens with zero attached hydrogens (tertiary/aromatic N) is 1. The van der Waals surface area contributed by atoms with Crippen LogP contribution >= 0.6 is 0 Å². The highest BCUT2D eigenvalue weighted by atomic mass is 19.2. The van der Waals surface area contributed by atoms with Crippen LogP contribution in [0.4, 0.5) is 8.78 Å². The lowest BCUT2D eigenvalue weighted by molar-refractivity contribution is -0.129. The maximum absolute atomic E-state index is 16.0. The number of amides is 2. The smallest absolute Gasteiger partial charge is 0.276 e. The molecule has 30 heavy (non-hydrogen) atoms. The van der Waals surface area contributed by atoms with Gasteiger partial charge in [-0.05, 0) is 24.6 Å². The molecule has 2 N–H and O–H groups in total. The molecule has 1 saturated heterocycles. The number of carbonyl (C=O) groups excluding carboxylic acids is 2. The number of benzene rings is 1. The van der Waals surface area contributed by atoms with Crippen molar-refractivity contribution in [2.75, 3.05) is 26.3 Å². The number of nitrogens with two attached hydrogens (primary N) is 1. The van der Waals surface area contributed by atoms with E-state index in [1.807, 2.05) is 0 Å². The minimum atomic E-state index is -2.59. The standard InChI is InChI=1S/C22H26F2N2O4/c1-21(2,20(25)28)13-15-7-8-16(23)14-22(15,24)30-18-6-4-3-5-17(18)19(27)26-9-11-29-12-10-26/h3-8,14-15H,9-13H2,1-2H3,(H2,25,28). The molecule has 0 bridgehead atoms. The molecule has 162 valence electrons. The van der Waals surface area contributed by atoms with E-state index < -0.39 is 28.9 Å². The van der Waals surface area contributed by atoms with Gasteiger partial charge in [-0.15, -0.1) is 0 Å². The summed E-state index contributed by atoms with van der Waals surface area (Å²) in [5.41, 5.74) is 4.56. The molecule has 0 aromatic heterocycles. The number of primary amides is 1. The number of para-hydroxylation sites is 1. The lowest BCUT2D eigenvalue weighted by Crippen LogP contribution is -2.44. The van der Waals surface area contributed by atoms with Crippen molar-refractivity contribution in [3.63, 3.8) is 0 Å². The number of rotatable bonds is 6. The summed E-state index contributed by atoms with van der Waals surface area (Å²) in [5, 5.41) is 0. The minimum Gasteiger partial charge on any atom is -0.453 e. The van der Waals surface area contributed by atoms with Crippen LogP contribution in [0, 0.1) is 11.3 Å². The van der Waals surface area contributed by atoms with Crippen molar-refractivity contribution in [1.82, 2.24) is 4.90 Å². The van der Waals surface area contributed by atoms with Crippen LogP contribution in [0.15, 0.2) is 48.3 Å². The molecule has 0 radical (unpaired) electrons. The molecule has 3 rings (SSSR count). The number of alkyl halides is 1. The van der Waals surface area contributed by atoms with Crippen LogP contribution in [0.5, 0.6) is 5.75 Å². The molecule has 6 nitrogen and oxygen atoms in total. The van der Waals surface area contributed by atoms with Gasteiger partial charge in [0, 0.05) is 24.6 Å². The van der Waals surface area contributed by atoms with Crippen molar-refractivity contribution >= 4 is 11.8 Å². The van der Waals surface area contributed by atoms with Crippen LogP contribution in [0.3, 0.4) is 0 Å². The van der Waals surface area contributed by atoms with E-state index in [-0.39, 0.29) is 23.6 Å². The molecule has 0 saturated carbocycles. The first-order valence-corrected chi connectivity index (χ1v) is 9.83. The topological polar surface area (TPSA) is 81.9 Å². The predicted molar refractivity (Wildman–Crippen MR) is 107 cm³/mol. The number of allylic oxidation sites excluding steroid dienone is 2. The number of hydrogen-bond donors (Lipinski definition) is 1. The van der Waals surface area contributed by atoms with Gasteiger partial charge in [-0.1, -0.05) is 32.1 Å². The summed E-state index contributed by atoms with van der Waals surface area (Å²) in [6, 6.07) is 6.26. The molecular weight excluding hydrogens is 394 g/mol. The fraction of sp³-hybridized carbons (Fsp3) is 0.455. The summed E-state index contributed by atoms with van der Waals surface area (Å²) in [5.74, 6) is -5.29. The molecule has 1 fully saturated rings. The van der Waals surface area contributed by atoms with E-state index >= 15 is 4.39 Å². The second-order valence-corrected chi connectivity index (χ2v) is 8.15. The Kier molecular flexibility index (Phi) is 6.26. The van der Waals surface area contributed by atoms with Crippen molar-refractivity contribution in [2.45, 2.75) is 26.1 Å². The van der Waals surface area contributed by atoms with Crippen LogP contribution in [-0.4, -0.2) is 48.9 Å². The van der Waals surface area contributed by atoms with Crippen LogP contribution in [-0.2, 0) is 9.53 Å².